The first-order valence-electron chi connectivity index (χ1n) is 3.16. The van der Waals surface area contributed by atoms with Crippen LogP contribution >= 0.6 is 0 Å². The lowest BCUT2D eigenvalue weighted by Crippen LogP contribution is -2.07. The minimum Gasteiger partial charge on any atom is -0.609 e. The molecule has 1 heterocycles. The van der Waals surface area contributed by atoms with Gasteiger partial charge in [-0.3, -0.25) is 0 Å². The zero-order chi connectivity index (χ0) is 9.84. The Hall–Kier alpha value is -1.34. The van der Waals surface area contributed by atoms with Crippen molar-refractivity contribution in [2.45, 2.75) is 5.16 Å². The highest BCUT2D eigenvalue weighted by Gasteiger charge is 2.08. The summed E-state index contributed by atoms with van der Waals surface area (Å²) >= 11 is -1.28. The largest absolute Gasteiger partial charge is 0.609 e. The van der Waals surface area contributed by atoms with Crippen molar-refractivity contribution in [1.82, 2.24) is 9.97 Å². The first kappa shape index (κ1) is 9.75. The van der Waals surface area contributed by atoms with Crippen LogP contribution in [0.5, 0.6) is 5.75 Å². The Morgan fingerprint density at radius 1 is 1.62 bits per heavy atom. The lowest BCUT2D eigenvalue weighted by Gasteiger charge is -2.01. The van der Waals surface area contributed by atoms with E-state index in [-0.39, 0.29) is 10.9 Å². The summed E-state index contributed by atoms with van der Waals surface area (Å²) in [6, 6.07) is 0. The number of hydrogen-bond acceptors (Lipinski definition) is 5. The zero-order valence-electron chi connectivity index (χ0n) is 6.63. The molecule has 0 bridgehead atoms. The predicted molar refractivity (Wildman–Crippen MR) is 43.0 cm³/mol. The second-order valence-electron chi connectivity index (χ2n) is 2.02. The standard InChI is InChI=1S/C6H6N2O4S/c1-13(11)5-7-2-4(3-8-5)12-6(9)10/h2-3H,1H3,(H,9,10). The summed E-state index contributed by atoms with van der Waals surface area (Å²) < 4.78 is 15.0. The van der Waals surface area contributed by atoms with Gasteiger partial charge in [-0.2, -0.15) is 9.97 Å². The van der Waals surface area contributed by atoms with Crippen LogP contribution in [0.1, 0.15) is 0 Å². The molecule has 0 radical (unpaired) electrons. The summed E-state index contributed by atoms with van der Waals surface area (Å²) in [6.07, 6.45) is 2.29. The van der Waals surface area contributed by atoms with Gasteiger partial charge in [-0.05, 0) is 0 Å². The maximum atomic E-state index is 10.8. The van der Waals surface area contributed by atoms with E-state index in [0.29, 0.717) is 0 Å². The highest BCUT2D eigenvalue weighted by atomic mass is 32.2. The Balaban J connectivity index is 2.75. The summed E-state index contributed by atoms with van der Waals surface area (Å²) in [5.41, 5.74) is 0. The van der Waals surface area contributed by atoms with Gasteiger partial charge in [0.2, 0.25) is 0 Å². The molecule has 0 fully saturated rings. The Morgan fingerprint density at radius 2 is 2.15 bits per heavy atom. The van der Waals surface area contributed by atoms with Gasteiger partial charge in [0.25, 0.3) is 0 Å². The quantitative estimate of drug-likeness (QED) is 0.420. The molecule has 0 aliphatic rings. The maximum Gasteiger partial charge on any atom is 0.511 e. The van der Waals surface area contributed by atoms with E-state index in [2.05, 4.69) is 14.7 Å². The van der Waals surface area contributed by atoms with E-state index in [0.717, 1.165) is 12.4 Å². The fraction of sp³-hybridized carbons (Fsp3) is 0.167. The normalized spacial score (nSPS) is 12.2. The molecule has 0 amide bonds. The SMILES string of the molecule is C[S+]([O-])c1ncc(OC(=O)O)cn1. The third kappa shape index (κ3) is 2.88. The molecule has 0 aliphatic heterocycles. The molecule has 7 heteroatoms. The van der Waals surface area contributed by atoms with E-state index in [9.17, 15) is 9.35 Å². The molecule has 1 atom stereocenters. The van der Waals surface area contributed by atoms with Crippen LogP contribution in [-0.4, -0.2) is 32.0 Å². The molecule has 70 valence electrons. The molecular weight excluding hydrogens is 196 g/mol. The monoisotopic (exact) mass is 202 g/mol. The highest BCUT2D eigenvalue weighted by Crippen LogP contribution is 2.08. The van der Waals surface area contributed by atoms with Crippen LogP contribution in [-0.2, 0) is 11.2 Å². The van der Waals surface area contributed by atoms with E-state index >= 15 is 0 Å². The Labute approximate surface area is 76.8 Å². The zero-order valence-corrected chi connectivity index (χ0v) is 7.45. The van der Waals surface area contributed by atoms with Crippen molar-refractivity contribution >= 4 is 17.3 Å². The second-order valence-corrected chi connectivity index (χ2v) is 3.30. The fourth-order valence-electron chi connectivity index (χ4n) is 0.606. The minimum absolute atomic E-state index is 0.00157. The smallest absolute Gasteiger partial charge is 0.511 e. The average Bonchev–Trinajstić information content (AvgIpc) is 2.04. The van der Waals surface area contributed by atoms with Gasteiger partial charge in [0.05, 0.1) is 12.4 Å². The first-order chi connectivity index (χ1) is 6.09. The summed E-state index contributed by atoms with van der Waals surface area (Å²) in [5.74, 6) is 0.00157. The molecule has 6 nitrogen and oxygen atoms in total. The third-order valence-corrected chi connectivity index (χ3v) is 1.79. The minimum atomic E-state index is -1.44. The summed E-state index contributed by atoms with van der Waals surface area (Å²) in [4.78, 5) is 17.3. The number of rotatable bonds is 2. The predicted octanol–water partition coefficient (Wildman–Crippen LogP) is 0.271. The van der Waals surface area contributed by atoms with Gasteiger partial charge in [-0.15, -0.1) is 0 Å². The molecule has 0 aromatic carbocycles. The Kier molecular flexibility index (Phi) is 3.04. The van der Waals surface area contributed by atoms with Crippen LogP contribution in [0, 0.1) is 0 Å². The van der Waals surface area contributed by atoms with E-state index in [4.69, 9.17) is 5.11 Å². The van der Waals surface area contributed by atoms with Crippen molar-refractivity contribution in [2.75, 3.05) is 6.26 Å². The molecule has 13 heavy (non-hydrogen) atoms. The van der Waals surface area contributed by atoms with E-state index in [1.54, 1.807) is 0 Å². The topological polar surface area (TPSA) is 95.4 Å². The molecule has 0 spiro atoms. The van der Waals surface area contributed by atoms with Crippen molar-refractivity contribution in [1.29, 1.82) is 0 Å². The number of hydrogen-bond donors (Lipinski definition) is 1. The molecule has 0 saturated carbocycles. The number of aromatic nitrogens is 2. The van der Waals surface area contributed by atoms with Crippen LogP contribution in [0.15, 0.2) is 17.6 Å². The lowest BCUT2D eigenvalue weighted by molar-refractivity contribution is 0.144. The molecular formula is C6H6N2O4S. The van der Waals surface area contributed by atoms with Gasteiger partial charge in [0, 0.05) is 11.2 Å². The average molecular weight is 202 g/mol. The van der Waals surface area contributed by atoms with Crippen molar-refractivity contribution < 1.29 is 19.2 Å². The molecule has 1 N–H and O–H groups in total. The van der Waals surface area contributed by atoms with Crippen molar-refractivity contribution in [2.24, 2.45) is 0 Å². The van der Waals surface area contributed by atoms with Gasteiger partial charge in [-0.1, -0.05) is 0 Å². The van der Waals surface area contributed by atoms with Gasteiger partial charge >= 0.3 is 11.3 Å². The van der Waals surface area contributed by atoms with Crippen molar-refractivity contribution in [3.8, 4) is 5.75 Å². The van der Waals surface area contributed by atoms with Crippen LogP contribution < -0.4 is 4.74 Å². The van der Waals surface area contributed by atoms with Crippen molar-refractivity contribution in [3.05, 3.63) is 12.4 Å². The Morgan fingerprint density at radius 3 is 2.54 bits per heavy atom. The summed E-state index contributed by atoms with van der Waals surface area (Å²) in [6.45, 7) is 0. The molecule has 1 rings (SSSR count). The maximum absolute atomic E-state index is 10.8. The van der Waals surface area contributed by atoms with Crippen LogP contribution in [0.25, 0.3) is 0 Å². The van der Waals surface area contributed by atoms with Gasteiger partial charge in [0.15, 0.2) is 5.75 Å². The first-order valence-corrected chi connectivity index (χ1v) is 4.71. The van der Waals surface area contributed by atoms with Gasteiger partial charge in [0.1, 0.15) is 6.26 Å². The van der Waals surface area contributed by atoms with Crippen LogP contribution in [0.3, 0.4) is 0 Å². The molecule has 1 aromatic rings. The van der Waals surface area contributed by atoms with E-state index in [1.165, 1.54) is 6.26 Å². The summed E-state index contributed by atoms with van der Waals surface area (Å²) in [5, 5.41) is 8.34. The molecule has 1 unspecified atom stereocenters. The van der Waals surface area contributed by atoms with E-state index in [1.807, 2.05) is 0 Å². The number of nitrogens with zero attached hydrogens (tertiary/aromatic N) is 2. The molecule has 0 aliphatic carbocycles. The highest BCUT2D eigenvalue weighted by molar-refractivity contribution is 7.90. The molecule has 1 aromatic heterocycles. The lowest BCUT2D eigenvalue weighted by atomic mass is 10.6. The molecule has 0 saturated heterocycles. The number of ether oxygens (including phenoxy) is 1. The second kappa shape index (κ2) is 4.06. The fourth-order valence-corrected chi connectivity index (χ4v) is 1.01. The van der Waals surface area contributed by atoms with Crippen LogP contribution in [0.4, 0.5) is 4.79 Å². The third-order valence-electron chi connectivity index (χ3n) is 1.07. The van der Waals surface area contributed by atoms with Crippen molar-refractivity contribution in [3.63, 3.8) is 0 Å². The van der Waals surface area contributed by atoms with Gasteiger partial charge < -0.3 is 14.4 Å². The summed E-state index contributed by atoms with van der Waals surface area (Å²) in [7, 11) is 0. The number of carboxylic acid groups (broad SMARTS) is 1. The Bertz CT molecular complexity index is 300. The van der Waals surface area contributed by atoms with Gasteiger partial charge in [-0.25, -0.2) is 4.79 Å². The van der Waals surface area contributed by atoms with Crippen LogP contribution in [0.2, 0.25) is 0 Å². The van der Waals surface area contributed by atoms with E-state index < -0.39 is 17.3 Å². The number of carbonyl (C=O) groups is 1.